The van der Waals surface area contributed by atoms with E-state index in [0.29, 0.717) is 17.9 Å². The Balaban J connectivity index is 2.47. The van der Waals surface area contributed by atoms with Gasteiger partial charge in [-0.25, -0.2) is 4.39 Å². The van der Waals surface area contributed by atoms with Crippen LogP contribution in [-0.2, 0) is 0 Å². The minimum absolute atomic E-state index is 0.180. The van der Waals surface area contributed by atoms with Gasteiger partial charge in [0.25, 0.3) is 0 Å². The zero-order valence-electron chi connectivity index (χ0n) is 10.4. The van der Waals surface area contributed by atoms with Crippen molar-refractivity contribution in [2.75, 3.05) is 13.7 Å². The van der Waals surface area contributed by atoms with Crippen LogP contribution in [0.5, 0.6) is 5.75 Å². The van der Waals surface area contributed by atoms with Gasteiger partial charge >= 0.3 is 0 Å². The number of halogens is 1. The maximum absolute atomic E-state index is 13.4. The molecule has 0 bridgehead atoms. The highest BCUT2D eigenvalue weighted by molar-refractivity contribution is 5.41. The van der Waals surface area contributed by atoms with Crippen molar-refractivity contribution in [2.45, 2.75) is 12.8 Å². The number of benzene rings is 1. The molecular formula is C13H16FN3O. The molecule has 5 heteroatoms. The van der Waals surface area contributed by atoms with E-state index < -0.39 is 0 Å². The lowest BCUT2D eigenvalue weighted by Crippen LogP contribution is -2.15. The first-order valence-electron chi connectivity index (χ1n) is 5.71. The van der Waals surface area contributed by atoms with E-state index in [9.17, 15) is 4.39 Å². The maximum atomic E-state index is 13.4. The van der Waals surface area contributed by atoms with Gasteiger partial charge in [-0.3, -0.25) is 5.10 Å². The van der Waals surface area contributed by atoms with Crippen LogP contribution in [0.25, 0.3) is 0 Å². The molecule has 1 unspecified atom stereocenters. The number of hydrogen-bond donors (Lipinski definition) is 2. The third kappa shape index (κ3) is 2.36. The predicted molar refractivity (Wildman–Crippen MR) is 67.2 cm³/mol. The summed E-state index contributed by atoms with van der Waals surface area (Å²) in [5.74, 6) is 0.129. The molecule has 0 aliphatic rings. The summed E-state index contributed by atoms with van der Waals surface area (Å²) in [5, 5.41) is 7.05. The second-order valence-corrected chi connectivity index (χ2v) is 4.15. The van der Waals surface area contributed by atoms with E-state index in [1.807, 2.05) is 13.0 Å². The van der Waals surface area contributed by atoms with Crippen LogP contribution < -0.4 is 10.5 Å². The molecule has 1 aromatic heterocycles. The van der Waals surface area contributed by atoms with Crippen molar-refractivity contribution in [2.24, 2.45) is 5.73 Å². The van der Waals surface area contributed by atoms with Gasteiger partial charge < -0.3 is 10.5 Å². The highest BCUT2D eigenvalue weighted by atomic mass is 19.1. The van der Waals surface area contributed by atoms with Crippen LogP contribution in [0.1, 0.15) is 22.9 Å². The molecule has 18 heavy (non-hydrogen) atoms. The quantitative estimate of drug-likeness (QED) is 0.870. The molecule has 1 aromatic carbocycles. The number of nitrogens with zero attached hydrogens (tertiary/aromatic N) is 1. The van der Waals surface area contributed by atoms with E-state index >= 15 is 0 Å². The van der Waals surface area contributed by atoms with Gasteiger partial charge in [-0.2, -0.15) is 5.10 Å². The lowest BCUT2D eigenvalue weighted by molar-refractivity contribution is 0.406. The molecule has 0 radical (unpaired) electrons. The average molecular weight is 249 g/mol. The number of nitrogens with one attached hydrogen (secondary N) is 1. The molecule has 2 rings (SSSR count). The smallest absolute Gasteiger partial charge is 0.123 e. The highest BCUT2D eigenvalue weighted by Gasteiger charge is 2.20. The van der Waals surface area contributed by atoms with E-state index in [0.717, 1.165) is 11.4 Å². The van der Waals surface area contributed by atoms with Crippen molar-refractivity contribution in [1.82, 2.24) is 10.2 Å². The van der Waals surface area contributed by atoms with Crippen LogP contribution in [0.2, 0.25) is 0 Å². The predicted octanol–water partition coefficient (Wildman–Crippen LogP) is 1.96. The third-order valence-corrected chi connectivity index (χ3v) is 2.89. The molecule has 0 aliphatic carbocycles. The summed E-state index contributed by atoms with van der Waals surface area (Å²) >= 11 is 0. The van der Waals surface area contributed by atoms with Crippen LogP contribution in [0.15, 0.2) is 24.3 Å². The molecule has 0 saturated heterocycles. The van der Waals surface area contributed by atoms with Crippen LogP contribution in [-0.4, -0.2) is 23.9 Å². The van der Waals surface area contributed by atoms with Gasteiger partial charge in [0.15, 0.2) is 0 Å². The van der Waals surface area contributed by atoms with Crippen molar-refractivity contribution in [1.29, 1.82) is 0 Å². The minimum Gasteiger partial charge on any atom is -0.496 e. The van der Waals surface area contributed by atoms with Gasteiger partial charge in [0.1, 0.15) is 11.6 Å². The molecule has 96 valence electrons. The summed E-state index contributed by atoms with van der Waals surface area (Å²) in [6, 6.07) is 6.32. The fourth-order valence-electron chi connectivity index (χ4n) is 2.00. The van der Waals surface area contributed by atoms with Crippen molar-refractivity contribution in [3.8, 4) is 5.75 Å². The summed E-state index contributed by atoms with van der Waals surface area (Å²) in [4.78, 5) is 0. The normalized spacial score (nSPS) is 12.4. The first-order chi connectivity index (χ1) is 8.65. The van der Waals surface area contributed by atoms with Gasteiger partial charge in [0.05, 0.1) is 12.8 Å². The summed E-state index contributed by atoms with van der Waals surface area (Å²) in [7, 11) is 1.56. The van der Waals surface area contributed by atoms with Crippen LogP contribution in [0.4, 0.5) is 4.39 Å². The van der Waals surface area contributed by atoms with Gasteiger partial charge in [-0.05, 0) is 31.2 Å². The SMILES string of the molecule is COc1ccc(F)cc1C(CN)c1cc(C)[nH]n1. The summed E-state index contributed by atoms with van der Waals surface area (Å²) in [6.07, 6.45) is 0. The first-order valence-corrected chi connectivity index (χ1v) is 5.71. The largest absolute Gasteiger partial charge is 0.496 e. The topological polar surface area (TPSA) is 63.9 Å². The molecule has 2 aromatic rings. The fraction of sp³-hybridized carbons (Fsp3) is 0.308. The van der Waals surface area contributed by atoms with Crippen molar-refractivity contribution in [3.63, 3.8) is 0 Å². The van der Waals surface area contributed by atoms with Crippen LogP contribution in [0.3, 0.4) is 0 Å². The van der Waals surface area contributed by atoms with Crippen molar-refractivity contribution in [3.05, 3.63) is 47.0 Å². The molecule has 0 spiro atoms. The van der Waals surface area contributed by atoms with Crippen molar-refractivity contribution >= 4 is 0 Å². The Kier molecular flexibility index (Phi) is 3.62. The summed E-state index contributed by atoms with van der Waals surface area (Å²) in [5.41, 5.74) is 8.24. The van der Waals surface area contributed by atoms with E-state index in [-0.39, 0.29) is 11.7 Å². The Hall–Kier alpha value is -1.88. The number of aromatic nitrogens is 2. The second-order valence-electron chi connectivity index (χ2n) is 4.15. The van der Waals surface area contributed by atoms with E-state index in [2.05, 4.69) is 10.2 Å². The molecule has 1 heterocycles. The average Bonchev–Trinajstić information content (AvgIpc) is 2.77. The second kappa shape index (κ2) is 5.18. The molecule has 4 nitrogen and oxygen atoms in total. The number of H-pyrrole nitrogens is 1. The zero-order chi connectivity index (χ0) is 13.1. The standard InChI is InChI=1S/C13H16FN3O/c1-8-5-12(17-16-8)11(7-15)10-6-9(14)3-4-13(10)18-2/h3-6,11H,7,15H2,1-2H3,(H,16,17). The van der Waals surface area contributed by atoms with Gasteiger partial charge in [0, 0.05) is 23.7 Å². The fourth-order valence-corrected chi connectivity index (χ4v) is 2.00. The number of aryl methyl sites for hydroxylation is 1. The Morgan fingerprint density at radius 1 is 1.44 bits per heavy atom. The Labute approximate surface area is 105 Å². The Bertz CT molecular complexity index is 539. The van der Waals surface area contributed by atoms with Crippen LogP contribution in [0, 0.1) is 12.7 Å². The molecule has 3 N–H and O–H groups in total. The van der Waals surface area contributed by atoms with Gasteiger partial charge in [-0.15, -0.1) is 0 Å². The zero-order valence-corrected chi connectivity index (χ0v) is 10.4. The van der Waals surface area contributed by atoms with Gasteiger partial charge in [0.2, 0.25) is 0 Å². The van der Waals surface area contributed by atoms with Crippen LogP contribution >= 0.6 is 0 Å². The molecular weight excluding hydrogens is 233 g/mol. The number of ether oxygens (including phenoxy) is 1. The number of nitrogens with two attached hydrogens (primary N) is 1. The summed E-state index contributed by atoms with van der Waals surface area (Å²) < 4.78 is 18.6. The Morgan fingerprint density at radius 3 is 2.78 bits per heavy atom. The highest BCUT2D eigenvalue weighted by Crippen LogP contribution is 2.31. The van der Waals surface area contributed by atoms with E-state index in [1.54, 1.807) is 13.2 Å². The monoisotopic (exact) mass is 249 g/mol. The molecule has 0 fully saturated rings. The van der Waals surface area contributed by atoms with E-state index in [1.165, 1.54) is 12.1 Å². The van der Waals surface area contributed by atoms with E-state index in [4.69, 9.17) is 10.5 Å². The third-order valence-electron chi connectivity index (χ3n) is 2.89. The maximum Gasteiger partial charge on any atom is 0.123 e. The lowest BCUT2D eigenvalue weighted by Gasteiger charge is -2.16. The molecule has 0 amide bonds. The van der Waals surface area contributed by atoms with Crippen molar-refractivity contribution < 1.29 is 9.13 Å². The van der Waals surface area contributed by atoms with Gasteiger partial charge in [-0.1, -0.05) is 0 Å². The molecule has 1 atom stereocenters. The summed E-state index contributed by atoms with van der Waals surface area (Å²) in [6.45, 7) is 2.25. The first kappa shape index (κ1) is 12.6. The lowest BCUT2D eigenvalue weighted by atomic mass is 9.94. The Morgan fingerprint density at radius 2 is 2.22 bits per heavy atom. The number of aromatic amines is 1. The molecule has 0 saturated carbocycles. The molecule has 0 aliphatic heterocycles. The number of rotatable bonds is 4. The number of hydrogen-bond acceptors (Lipinski definition) is 3. The minimum atomic E-state index is -0.309. The number of methoxy groups -OCH3 is 1.